The second-order valence-corrected chi connectivity index (χ2v) is 9.35. The van der Waals surface area contributed by atoms with Crippen molar-refractivity contribution in [3.05, 3.63) is 11.6 Å². The molecule has 1 heterocycles. The number of nitrogens with zero attached hydrogens (tertiary/aromatic N) is 2. The highest BCUT2D eigenvalue weighted by Gasteiger charge is 2.59. The van der Waals surface area contributed by atoms with Gasteiger partial charge in [0, 0.05) is 5.41 Å². The lowest BCUT2D eigenvalue weighted by atomic mass is 9.47. The molecule has 0 spiro atoms. The van der Waals surface area contributed by atoms with Crippen LogP contribution in [-0.4, -0.2) is 35.7 Å². The first-order chi connectivity index (χ1) is 11.5. The van der Waals surface area contributed by atoms with Crippen molar-refractivity contribution in [1.82, 2.24) is 0 Å². The normalized spacial score (nSPS) is 49.9. The highest BCUT2D eigenvalue weighted by atomic mass is 16.3. The van der Waals surface area contributed by atoms with E-state index in [1.54, 1.807) is 5.57 Å². The van der Waals surface area contributed by atoms with Crippen LogP contribution in [0.1, 0.15) is 58.8 Å². The van der Waals surface area contributed by atoms with Crippen LogP contribution in [0.5, 0.6) is 0 Å². The Hall–Kier alpha value is -0.960. The molecule has 1 N–H and O–H groups in total. The van der Waals surface area contributed by atoms with E-state index in [9.17, 15) is 5.11 Å². The van der Waals surface area contributed by atoms with Crippen LogP contribution in [0, 0.1) is 28.6 Å². The van der Waals surface area contributed by atoms with E-state index in [1.165, 1.54) is 49.9 Å². The lowest BCUT2D eigenvalue weighted by Gasteiger charge is -2.57. The first kappa shape index (κ1) is 15.3. The minimum Gasteiger partial charge on any atom is -0.389 e. The summed E-state index contributed by atoms with van der Waals surface area (Å²) in [6.45, 7) is 6.79. The van der Waals surface area contributed by atoms with E-state index in [0.29, 0.717) is 5.41 Å². The number of aliphatic hydroxyl groups is 1. The Morgan fingerprint density at radius 2 is 1.79 bits per heavy atom. The summed E-state index contributed by atoms with van der Waals surface area (Å²) in [7, 11) is 0. The molecule has 3 fully saturated rings. The van der Waals surface area contributed by atoms with E-state index >= 15 is 0 Å². The molecule has 1 aliphatic heterocycles. The molecule has 0 radical (unpaired) electrons. The molecule has 3 nitrogen and oxygen atoms in total. The summed E-state index contributed by atoms with van der Waals surface area (Å²) in [6.07, 6.45) is 10.4. The third kappa shape index (κ3) is 1.88. The zero-order valence-corrected chi connectivity index (χ0v) is 15.1. The summed E-state index contributed by atoms with van der Waals surface area (Å²) >= 11 is 0. The largest absolute Gasteiger partial charge is 0.389 e. The topological polar surface area (TPSA) is 45.0 Å². The Balaban J connectivity index is 1.52. The lowest BCUT2D eigenvalue weighted by molar-refractivity contribution is -0.0236. The molecule has 3 heteroatoms. The van der Waals surface area contributed by atoms with Gasteiger partial charge in [0.05, 0.1) is 30.6 Å². The van der Waals surface area contributed by atoms with Gasteiger partial charge in [-0.2, -0.15) is 0 Å². The van der Waals surface area contributed by atoms with Crippen molar-refractivity contribution < 1.29 is 5.11 Å². The molecule has 0 aromatic rings. The van der Waals surface area contributed by atoms with Crippen molar-refractivity contribution in [2.75, 3.05) is 13.1 Å². The Labute approximate surface area is 145 Å². The molecule has 0 aromatic heterocycles. The van der Waals surface area contributed by atoms with Crippen molar-refractivity contribution in [1.29, 1.82) is 0 Å². The maximum absolute atomic E-state index is 10.1. The quantitative estimate of drug-likeness (QED) is 0.676. The van der Waals surface area contributed by atoms with Crippen LogP contribution in [0.4, 0.5) is 0 Å². The van der Waals surface area contributed by atoms with Crippen molar-refractivity contribution in [3.8, 4) is 0 Å². The average molecular weight is 326 g/mol. The van der Waals surface area contributed by atoms with Gasteiger partial charge in [-0.05, 0) is 68.1 Å². The molecule has 0 bridgehead atoms. The molecule has 5 rings (SSSR count). The van der Waals surface area contributed by atoms with Gasteiger partial charge < -0.3 is 5.11 Å². The fourth-order valence-electron chi connectivity index (χ4n) is 7.09. The van der Waals surface area contributed by atoms with Crippen molar-refractivity contribution in [2.45, 2.75) is 64.9 Å². The summed E-state index contributed by atoms with van der Waals surface area (Å²) in [5.74, 6) is 2.36. The fraction of sp³-hybridized carbons (Fsp3) is 0.810. The number of hydrogen-bond acceptors (Lipinski definition) is 3. The maximum atomic E-state index is 10.1. The summed E-state index contributed by atoms with van der Waals surface area (Å²) < 4.78 is 0. The van der Waals surface area contributed by atoms with Gasteiger partial charge >= 0.3 is 0 Å². The van der Waals surface area contributed by atoms with Crippen LogP contribution < -0.4 is 0 Å². The van der Waals surface area contributed by atoms with Crippen LogP contribution in [-0.2, 0) is 0 Å². The zero-order valence-electron chi connectivity index (χ0n) is 15.1. The fourth-order valence-corrected chi connectivity index (χ4v) is 7.09. The highest BCUT2D eigenvalue weighted by Crippen LogP contribution is 2.64. The van der Waals surface area contributed by atoms with Crippen LogP contribution in [0.15, 0.2) is 21.6 Å². The third-order valence-electron chi connectivity index (χ3n) is 8.38. The first-order valence-corrected chi connectivity index (χ1v) is 10.0. The lowest BCUT2D eigenvalue weighted by Crippen LogP contribution is -2.51. The SMILES string of the molecule is C[C@]12CC[C@@H](O)C=C1CCC1C2CC[C@]2(C)C3=NCCN=C3C[C@@H]12. The predicted octanol–water partition coefficient (Wildman–Crippen LogP) is 3.82. The van der Waals surface area contributed by atoms with Gasteiger partial charge in [-0.25, -0.2) is 0 Å². The molecule has 4 aliphatic carbocycles. The number of aliphatic hydroxyl groups excluding tert-OH is 1. The van der Waals surface area contributed by atoms with E-state index in [-0.39, 0.29) is 11.5 Å². The molecule has 130 valence electrons. The molecule has 0 amide bonds. The van der Waals surface area contributed by atoms with Gasteiger partial charge in [0.1, 0.15) is 0 Å². The Morgan fingerprint density at radius 1 is 1.00 bits per heavy atom. The molecule has 3 saturated carbocycles. The van der Waals surface area contributed by atoms with Crippen LogP contribution >= 0.6 is 0 Å². The summed E-state index contributed by atoms with van der Waals surface area (Å²) in [4.78, 5) is 9.78. The van der Waals surface area contributed by atoms with Gasteiger partial charge in [0.2, 0.25) is 0 Å². The van der Waals surface area contributed by atoms with Gasteiger partial charge in [-0.3, -0.25) is 9.98 Å². The molecular formula is C21H30N2O. The molecule has 2 unspecified atom stereocenters. The van der Waals surface area contributed by atoms with Crippen molar-refractivity contribution in [2.24, 2.45) is 38.6 Å². The van der Waals surface area contributed by atoms with Crippen molar-refractivity contribution in [3.63, 3.8) is 0 Å². The smallest absolute Gasteiger partial charge is 0.0724 e. The molecule has 6 atom stereocenters. The number of aliphatic imine (C=N–C) groups is 2. The summed E-state index contributed by atoms with van der Waals surface area (Å²) in [6, 6.07) is 0. The van der Waals surface area contributed by atoms with E-state index in [2.05, 4.69) is 19.9 Å². The van der Waals surface area contributed by atoms with E-state index < -0.39 is 0 Å². The Morgan fingerprint density at radius 3 is 2.67 bits per heavy atom. The number of hydrogen-bond donors (Lipinski definition) is 1. The van der Waals surface area contributed by atoms with Crippen LogP contribution in [0.2, 0.25) is 0 Å². The maximum Gasteiger partial charge on any atom is 0.0724 e. The Bertz CT molecular complexity index is 663. The second kappa shape index (κ2) is 5.03. The molecule has 0 aromatic carbocycles. The monoisotopic (exact) mass is 326 g/mol. The van der Waals surface area contributed by atoms with Gasteiger partial charge in [0.15, 0.2) is 0 Å². The highest BCUT2D eigenvalue weighted by molar-refractivity contribution is 6.46. The van der Waals surface area contributed by atoms with Crippen molar-refractivity contribution >= 4 is 11.4 Å². The van der Waals surface area contributed by atoms with Gasteiger partial charge in [0.25, 0.3) is 0 Å². The number of fused-ring (bicyclic) bond motifs is 7. The molecule has 5 aliphatic rings. The van der Waals surface area contributed by atoms with E-state index in [1.807, 2.05) is 0 Å². The van der Waals surface area contributed by atoms with Crippen LogP contribution in [0.25, 0.3) is 0 Å². The summed E-state index contributed by atoms with van der Waals surface area (Å²) in [5.41, 5.74) is 4.91. The minimum absolute atomic E-state index is 0.198. The van der Waals surface area contributed by atoms with Crippen LogP contribution in [0.3, 0.4) is 0 Å². The third-order valence-corrected chi connectivity index (χ3v) is 8.38. The Kier molecular flexibility index (Phi) is 3.21. The minimum atomic E-state index is -0.198. The predicted molar refractivity (Wildman–Crippen MR) is 97.7 cm³/mol. The average Bonchev–Trinajstić information content (AvgIpc) is 2.89. The molecule has 0 saturated heterocycles. The number of allylic oxidation sites excluding steroid dienone is 1. The first-order valence-electron chi connectivity index (χ1n) is 10.0. The zero-order chi connectivity index (χ0) is 16.5. The molecular weight excluding hydrogens is 296 g/mol. The number of rotatable bonds is 0. The second-order valence-electron chi connectivity index (χ2n) is 9.35. The van der Waals surface area contributed by atoms with Gasteiger partial charge in [-0.15, -0.1) is 0 Å². The van der Waals surface area contributed by atoms with E-state index in [0.717, 1.165) is 37.3 Å². The summed E-state index contributed by atoms with van der Waals surface area (Å²) in [5, 5.41) is 10.1. The molecule has 24 heavy (non-hydrogen) atoms. The van der Waals surface area contributed by atoms with Gasteiger partial charge in [-0.1, -0.05) is 25.5 Å². The van der Waals surface area contributed by atoms with E-state index in [4.69, 9.17) is 9.98 Å². The standard InChI is InChI=1S/C21H30N2O/c1-20-7-5-14(24)11-13(20)3-4-15-16(20)6-8-21(2)17(15)12-18-19(21)23-10-9-22-18/h11,14-17,24H,3-10,12H2,1-2H3/t14-,15?,16?,17+,20+,21+/m1/s1.